The summed E-state index contributed by atoms with van der Waals surface area (Å²) in [5.41, 5.74) is 2.06. The van der Waals surface area contributed by atoms with Gasteiger partial charge in [0, 0.05) is 12.1 Å². The summed E-state index contributed by atoms with van der Waals surface area (Å²) in [7, 11) is 1.82. The lowest BCUT2D eigenvalue weighted by molar-refractivity contribution is 0.101. The molecule has 2 aromatic rings. The molecule has 0 fully saturated rings. The lowest BCUT2D eigenvalue weighted by Gasteiger charge is -2.10. The molecule has 112 valence electrons. The van der Waals surface area contributed by atoms with Crippen molar-refractivity contribution in [3.63, 3.8) is 0 Å². The Kier molecular flexibility index (Phi) is 4.91. The van der Waals surface area contributed by atoms with E-state index in [-0.39, 0.29) is 12.4 Å². The molecule has 21 heavy (non-hydrogen) atoms. The Hall–Kier alpha value is -1.52. The number of aromatic nitrogens is 2. The van der Waals surface area contributed by atoms with Gasteiger partial charge in [-0.15, -0.1) is 0 Å². The van der Waals surface area contributed by atoms with E-state index in [9.17, 15) is 4.79 Å². The molecule has 0 atom stereocenters. The minimum absolute atomic E-state index is 0.0992. The van der Waals surface area contributed by atoms with Crippen LogP contribution in [-0.4, -0.2) is 15.6 Å². The van der Waals surface area contributed by atoms with Crippen molar-refractivity contribution in [3.05, 3.63) is 45.2 Å². The molecule has 6 heteroatoms. The summed E-state index contributed by atoms with van der Waals surface area (Å²) in [6, 6.07) is 4.97. The molecule has 1 aromatic carbocycles. The average Bonchev–Trinajstić information content (AvgIpc) is 2.72. The molecule has 0 aliphatic rings. The van der Waals surface area contributed by atoms with Crippen LogP contribution in [0.2, 0.25) is 10.0 Å². The van der Waals surface area contributed by atoms with Crippen molar-refractivity contribution in [3.8, 4) is 5.75 Å². The fourth-order valence-electron chi connectivity index (χ4n) is 2.03. The predicted molar refractivity (Wildman–Crippen MR) is 83.4 cm³/mol. The van der Waals surface area contributed by atoms with E-state index >= 15 is 0 Å². The Morgan fingerprint density at radius 3 is 2.67 bits per heavy atom. The molecule has 0 saturated heterocycles. The van der Waals surface area contributed by atoms with Crippen LogP contribution in [0, 0.1) is 0 Å². The van der Waals surface area contributed by atoms with Crippen molar-refractivity contribution >= 4 is 29.0 Å². The van der Waals surface area contributed by atoms with E-state index in [4.69, 9.17) is 27.9 Å². The first-order valence-electron chi connectivity index (χ1n) is 6.57. The van der Waals surface area contributed by atoms with E-state index in [1.807, 2.05) is 14.0 Å². The molecular weight excluding hydrogens is 311 g/mol. The number of Topliss-reactive ketones (excluding diaryl/α,β-unsaturated/α-hetero) is 1. The lowest BCUT2D eigenvalue weighted by Crippen LogP contribution is -2.06. The van der Waals surface area contributed by atoms with E-state index in [1.165, 1.54) is 6.92 Å². The number of hydrogen-bond donors (Lipinski definition) is 0. The quantitative estimate of drug-likeness (QED) is 0.778. The van der Waals surface area contributed by atoms with Gasteiger partial charge in [0.15, 0.2) is 5.78 Å². The van der Waals surface area contributed by atoms with Crippen LogP contribution in [0.1, 0.15) is 35.6 Å². The second kappa shape index (κ2) is 6.50. The number of ether oxygens (including phenoxy) is 1. The third-order valence-corrected chi connectivity index (χ3v) is 3.86. The molecule has 1 heterocycles. The van der Waals surface area contributed by atoms with Gasteiger partial charge < -0.3 is 4.74 Å². The smallest absolute Gasteiger partial charge is 0.163 e. The van der Waals surface area contributed by atoms with Gasteiger partial charge in [0.05, 0.1) is 22.0 Å². The van der Waals surface area contributed by atoms with Crippen molar-refractivity contribution in [1.29, 1.82) is 0 Å². The summed E-state index contributed by atoms with van der Waals surface area (Å²) in [6.07, 6.45) is 0.756. The van der Waals surface area contributed by atoms with Crippen molar-refractivity contribution in [2.45, 2.75) is 26.9 Å². The predicted octanol–water partition coefficient (Wildman–Crippen LogP) is 4.07. The maximum absolute atomic E-state index is 11.6. The molecule has 1 aromatic heterocycles. The molecule has 0 saturated carbocycles. The van der Waals surface area contributed by atoms with Gasteiger partial charge in [0.25, 0.3) is 0 Å². The zero-order valence-electron chi connectivity index (χ0n) is 12.1. The third kappa shape index (κ3) is 3.39. The van der Waals surface area contributed by atoms with E-state index in [0.29, 0.717) is 21.4 Å². The molecule has 0 N–H and O–H groups in total. The molecule has 0 unspecified atom stereocenters. The number of aryl methyl sites for hydroxylation is 2. The van der Waals surface area contributed by atoms with Crippen LogP contribution in [0.25, 0.3) is 0 Å². The first-order chi connectivity index (χ1) is 9.93. The number of carbonyl (C=O) groups excluding carboxylic acids is 1. The highest BCUT2D eigenvalue weighted by atomic mass is 35.5. The highest BCUT2D eigenvalue weighted by Crippen LogP contribution is 2.26. The Balaban J connectivity index is 2.25. The van der Waals surface area contributed by atoms with E-state index in [0.717, 1.165) is 17.8 Å². The first-order valence-corrected chi connectivity index (χ1v) is 7.33. The Bertz CT molecular complexity index is 681. The molecule has 4 nitrogen and oxygen atoms in total. The molecule has 0 bridgehead atoms. The Labute approximate surface area is 133 Å². The number of hydrogen-bond acceptors (Lipinski definition) is 3. The standard InChI is InChI=1S/C15H16Cl2N2O2/c1-4-12-15(17)13(19(3)18-12)8-21-14-6-5-10(16)7-11(14)9(2)20/h5-7H,4,8H2,1-3H3. The monoisotopic (exact) mass is 326 g/mol. The van der Waals surface area contributed by atoms with Gasteiger partial charge in [0.2, 0.25) is 0 Å². The molecule has 0 amide bonds. The minimum Gasteiger partial charge on any atom is -0.486 e. The summed E-state index contributed by atoms with van der Waals surface area (Å²) in [6.45, 7) is 3.71. The minimum atomic E-state index is -0.0992. The summed E-state index contributed by atoms with van der Waals surface area (Å²) in [5.74, 6) is 0.389. The average molecular weight is 327 g/mol. The van der Waals surface area contributed by atoms with E-state index in [1.54, 1.807) is 22.9 Å². The van der Waals surface area contributed by atoms with Crippen molar-refractivity contribution < 1.29 is 9.53 Å². The molecule has 0 aliphatic carbocycles. The Morgan fingerprint density at radius 2 is 2.10 bits per heavy atom. The second-order valence-electron chi connectivity index (χ2n) is 4.67. The molecule has 0 aliphatic heterocycles. The number of nitrogens with zero attached hydrogens (tertiary/aromatic N) is 2. The molecular formula is C15H16Cl2N2O2. The highest BCUT2D eigenvalue weighted by Gasteiger charge is 2.15. The van der Waals surface area contributed by atoms with Crippen LogP contribution < -0.4 is 4.74 Å². The number of rotatable bonds is 5. The maximum Gasteiger partial charge on any atom is 0.163 e. The van der Waals surface area contributed by atoms with Crippen LogP contribution in [0.5, 0.6) is 5.75 Å². The maximum atomic E-state index is 11.6. The number of carbonyl (C=O) groups is 1. The summed E-state index contributed by atoms with van der Waals surface area (Å²) < 4.78 is 7.43. The SMILES string of the molecule is CCc1nn(C)c(COc2ccc(Cl)cc2C(C)=O)c1Cl. The largest absolute Gasteiger partial charge is 0.486 e. The van der Waals surface area contributed by atoms with E-state index < -0.39 is 0 Å². The number of benzene rings is 1. The van der Waals surface area contributed by atoms with Gasteiger partial charge in [-0.25, -0.2) is 0 Å². The number of halogens is 2. The number of ketones is 1. The zero-order valence-corrected chi connectivity index (χ0v) is 13.6. The summed E-state index contributed by atoms with van der Waals surface area (Å²) in [4.78, 5) is 11.6. The van der Waals surface area contributed by atoms with E-state index in [2.05, 4.69) is 5.10 Å². The lowest BCUT2D eigenvalue weighted by atomic mass is 10.1. The molecule has 0 spiro atoms. The summed E-state index contributed by atoms with van der Waals surface area (Å²) >= 11 is 12.2. The van der Waals surface area contributed by atoms with Gasteiger partial charge >= 0.3 is 0 Å². The Morgan fingerprint density at radius 1 is 1.38 bits per heavy atom. The van der Waals surface area contributed by atoms with Gasteiger partial charge in [-0.2, -0.15) is 5.10 Å². The van der Waals surface area contributed by atoms with Crippen LogP contribution in [0.4, 0.5) is 0 Å². The van der Waals surface area contributed by atoms with Crippen LogP contribution in [0.3, 0.4) is 0 Å². The zero-order chi connectivity index (χ0) is 15.6. The molecule has 2 rings (SSSR count). The fourth-order valence-corrected chi connectivity index (χ4v) is 2.55. The topological polar surface area (TPSA) is 44.1 Å². The molecule has 0 radical (unpaired) electrons. The van der Waals surface area contributed by atoms with Crippen molar-refractivity contribution in [2.75, 3.05) is 0 Å². The normalized spacial score (nSPS) is 10.7. The highest BCUT2D eigenvalue weighted by molar-refractivity contribution is 6.32. The summed E-state index contributed by atoms with van der Waals surface area (Å²) in [5, 5.41) is 5.44. The first kappa shape index (κ1) is 15.9. The van der Waals surface area contributed by atoms with Gasteiger partial charge in [-0.1, -0.05) is 30.1 Å². The third-order valence-electron chi connectivity index (χ3n) is 3.19. The second-order valence-corrected chi connectivity index (χ2v) is 5.48. The van der Waals surface area contributed by atoms with Crippen LogP contribution >= 0.6 is 23.2 Å². The fraction of sp³-hybridized carbons (Fsp3) is 0.333. The van der Waals surface area contributed by atoms with Crippen LogP contribution in [0.15, 0.2) is 18.2 Å². The van der Waals surface area contributed by atoms with Gasteiger partial charge in [0.1, 0.15) is 12.4 Å². The van der Waals surface area contributed by atoms with Crippen LogP contribution in [-0.2, 0) is 20.1 Å². The van der Waals surface area contributed by atoms with Gasteiger partial charge in [-0.3, -0.25) is 9.48 Å². The van der Waals surface area contributed by atoms with Gasteiger partial charge in [-0.05, 0) is 31.5 Å². The van der Waals surface area contributed by atoms with Crippen molar-refractivity contribution in [2.24, 2.45) is 7.05 Å². The van der Waals surface area contributed by atoms with Crippen molar-refractivity contribution in [1.82, 2.24) is 9.78 Å².